The first-order valence-electron chi connectivity index (χ1n) is 3.74. The molecule has 1 rings (SSSR count). The second-order valence-corrected chi connectivity index (χ2v) is 5.97. The Labute approximate surface area is 103 Å². The number of alkyl halides is 2. The number of ether oxygens (including phenoxy) is 1. The molecule has 0 bridgehead atoms. The number of aromatic nitrogens is 1. The molecule has 0 aliphatic heterocycles. The first-order valence-corrected chi connectivity index (χ1v) is 6.85. The van der Waals surface area contributed by atoms with Gasteiger partial charge in [-0.25, -0.2) is 17.2 Å². The molecule has 90 valence electrons. The van der Waals surface area contributed by atoms with Crippen LogP contribution in [0.15, 0.2) is 15.6 Å². The topological polar surface area (TPSA) is 56.3 Å². The first kappa shape index (κ1) is 13.6. The van der Waals surface area contributed by atoms with E-state index in [0.29, 0.717) is 0 Å². The molecular formula is C7H5BrClF2NO3S. The lowest BCUT2D eigenvalue weighted by Crippen LogP contribution is -2.02. The largest absolute Gasteiger partial charge is 0.481 e. The van der Waals surface area contributed by atoms with E-state index in [2.05, 4.69) is 25.7 Å². The second kappa shape index (κ2) is 4.80. The average molecular weight is 337 g/mol. The van der Waals surface area contributed by atoms with Crippen molar-refractivity contribution in [1.29, 1.82) is 0 Å². The number of methoxy groups -OCH3 is 1. The van der Waals surface area contributed by atoms with Gasteiger partial charge in [0.25, 0.3) is 15.5 Å². The summed E-state index contributed by atoms with van der Waals surface area (Å²) in [6, 6.07) is 0.895. The maximum atomic E-state index is 12.6. The Kier molecular flexibility index (Phi) is 4.08. The van der Waals surface area contributed by atoms with Gasteiger partial charge in [0.15, 0.2) is 5.03 Å². The fraction of sp³-hybridized carbons (Fsp3) is 0.286. The van der Waals surface area contributed by atoms with E-state index in [1.54, 1.807) is 0 Å². The normalized spacial score (nSPS) is 11.9. The molecule has 1 aromatic rings. The highest BCUT2D eigenvalue weighted by molar-refractivity contribution is 9.10. The molecule has 0 spiro atoms. The summed E-state index contributed by atoms with van der Waals surface area (Å²) in [4.78, 5) is 3.39. The van der Waals surface area contributed by atoms with Crippen LogP contribution in [0.1, 0.15) is 12.0 Å². The smallest absolute Gasteiger partial charge is 0.278 e. The summed E-state index contributed by atoms with van der Waals surface area (Å²) in [6.07, 6.45) is -2.84. The van der Waals surface area contributed by atoms with E-state index in [4.69, 9.17) is 10.7 Å². The van der Waals surface area contributed by atoms with Gasteiger partial charge in [-0.05, 0) is 22.0 Å². The van der Waals surface area contributed by atoms with E-state index in [1.807, 2.05) is 0 Å². The van der Waals surface area contributed by atoms with Crippen LogP contribution < -0.4 is 4.74 Å². The maximum Gasteiger partial charge on any atom is 0.278 e. The summed E-state index contributed by atoms with van der Waals surface area (Å²) < 4.78 is 51.5. The Bertz CT molecular complexity index is 509. The number of hydrogen-bond donors (Lipinski definition) is 0. The van der Waals surface area contributed by atoms with Crippen molar-refractivity contribution in [2.75, 3.05) is 7.11 Å². The zero-order valence-electron chi connectivity index (χ0n) is 7.75. The molecular weight excluding hydrogens is 332 g/mol. The highest BCUT2D eigenvalue weighted by Crippen LogP contribution is 2.35. The van der Waals surface area contributed by atoms with Gasteiger partial charge in [-0.3, -0.25) is 0 Å². The van der Waals surface area contributed by atoms with E-state index in [-0.39, 0.29) is 4.47 Å². The monoisotopic (exact) mass is 335 g/mol. The SMILES string of the molecule is COc1nc(S(=O)(=O)Cl)cc(Br)c1C(F)F. The molecule has 0 saturated carbocycles. The van der Waals surface area contributed by atoms with Crippen molar-refractivity contribution in [2.45, 2.75) is 11.5 Å². The van der Waals surface area contributed by atoms with Crippen LogP contribution in [0.5, 0.6) is 5.88 Å². The highest BCUT2D eigenvalue weighted by Gasteiger charge is 2.24. The number of hydrogen-bond acceptors (Lipinski definition) is 4. The van der Waals surface area contributed by atoms with E-state index in [0.717, 1.165) is 13.2 Å². The molecule has 0 saturated heterocycles. The van der Waals surface area contributed by atoms with Crippen LogP contribution in [0.3, 0.4) is 0 Å². The van der Waals surface area contributed by atoms with Gasteiger partial charge in [-0.1, -0.05) is 0 Å². The summed E-state index contributed by atoms with van der Waals surface area (Å²) >= 11 is 2.81. The van der Waals surface area contributed by atoms with E-state index in [9.17, 15) is 17.2 Å². The average Bonchev–Trinajstić information content (AvgIpc) is 2.14. The Morgan fingerprint density at radius 3 is 2.50 bits per heavy atom. The van der Waals surface area contributed by atoms with Crippen molar-refractivity contribution in [2.24, 2.45) is 0 Å². The first-order chi connectivity index (χ1) is 7.27. The van der Waals surface area contributed by atoms with Crippen LogP contribution in [0.25, 0.3) is 0 Å². The molecule has 0 unspecified atom stereocenters. The van der Waals surface area contributed by atoms with Crippen LogP contribution in [-0.2, 0) is 9.05 Å². The maximum absolute atomic E-state index is 12.6. The zero-order chi connectivity index (χ0) is 12.5. The summed E-state index contributed by atoms with van der Waals surface area (Å²) in [6.45, 7) is 0. The van der Waals surface area contributed by atoms with Crippen molar-refractivity contribution in [3.8, 4) is 5.88 Å². The number of pyridine rings is 1. The van der Waals surface area contributed by atoms with Gasteiger partial charge in [0.1, 0.15) is 0 Å². The van der Waals surface area contributed by atoms with Gasteiger partial charge in [-0.2, -0.15) is 4.98 Å². The lowest BCUT2D eigenvalue weighted by molar-refractivity contribution is 0.144. The lowest BCUT2D eigenvalue weighted by Gasteiger charge is -2.09. The third kappa shape index (κ3) is 2.80. The molecule has 0 aliphatic rings. The lowest BCUT2D eigenvalue weighted by atomic mass is 10.3. The molecule has 9 heteroatoms. The minimum atomic E-state index is -4.09. The predicted octanol–water partition coefficient (Wildman–Crippen LogP) is 2.72. The van der Waals surface area contributed by atoms with E-state index in [1.165, 1.54) is 0 Å². The van der Waals surface area contributed by atoms with Gasteiger partial charge in [0, 0.05) is 15.2 Å². The molecule has 1 aromatic heterocycles. The van der Waals surface area contributed by atoms with Crippen LogP contribution in [0.2, 0.25) is 0 Å². The molecule has 4 nitrogen and oxygen atoms in total. The van der Waals surface area contributed by atoms with Crippen LogP contribution in [-0.4, -0.2) is 20.5 Å². The van der Waals surface area contributed by atoms with Crippen molar-refractivity contribution in [3.05, 3.63) is 16.1 Å². The standard InChI is InChI=1S/C7H5BrClF2NO3S/c1-15-7-5(6(10)11)3(8)2-4(12-7)16(9,13)14/h2,6H,1H3. The van der Waals surface area contributed by atoms with Gasteiger partial charge in [0.05, 0.1) is 12.7 Å². The van der Waals surface area contributed by atoms with Crippen molar-refractivity contribution in [1.82, 2.24) is 4.98 Å². The molecule has 0 N–H and O–H groups in total. The number of nitrogens with zero attached hydrogens (tertiary/aromatic N) is 1. The molecule has 16 heavy (non-hydrogen) atoms. The Morgan fingerprint density at radius 2 is 2.12 bits per heavy atom. The molecule has 0 aromatic carbocycles. The molecule has 1 heterocycles. The molecule has 0 aliphatic carbocycles. The van der Waals surface area contributed by atoms with Crippen LogP contribution in [0, 0.1) is 0 Å². The molecule has 0 radical (unpaired) electrons. The summed E-state index contributed by atoms with van der Waals surface area (Å²) in [5, 5.41) is -0.553. The number of rotatable bonds is 3. The van der Waals surface area contributed by atoms with Gasteiger partial charge < -0.3 is 4.74 Å². The van der Waals surface area contributed by atoms with Crippen LogP contribution in [0.4, 0.5) is 8.78 Å². The van der Waals surface area contributed by atoms with E-state index >= 15 is 0 Å². The third-order valence-electron chi connectivity index (χ3n) is 1.61. The predicted molar refractivity (Wildman–Crippen MR) is 56.5 cm³/mol. The highest BCUT2D eigenvalue weighted by atomic mass is 79.9. The molecule has 0 fully saturated rings. The molecule has 0 atom stereocenters. The third-order valence-corrected chi connectivity index (χ3v) is 3.45. The summed E-state index contributed by atoms with van der Waals surface area (Å²) in [7, 11) is 2.05. The zero-order valence-corrected chi connectivity index (χ0v) is 10.9. The van der Waals surface area contributed by atoms with Crippen molar-refractivity contribution >= 4 is 35.7 Å². The van der Waals surface area contributed by atoms with Crippen molar-refractivity contribution in [3.63, 3.8) is 0 Å². The van der Waals surface area contributed by atoms with Gasteiger partial charge in [0.2, 0.25) is 5.88 Å². The summed E-state index contributed by atoms with van der Waals surface area (Å²) in [5.74, 6) is -0.483. The quantitative estimate of drug-likeness (QED) is 0.796. The Hall–Kier alpha value is -0.470. The summed E-state index contributed by atoms with van der Waals surface area (Å²) in [5.41, 5.74) is -0.522. The minimum absolute atomic E-state index is 0.131. The second-order valence-electron chi connectivity index (χ2n) is 2.60. The molecule has 0 amide bonds. The van der Waals surface area contributed by atoms with Crippen molar-refractivity contribution < 1.29 is 21.9 Å². The fourth-order valence-corrected chi connectivity index (χ4v) is 2.36. The van der Waals surface area contributed by atoms with Crippen LogP contribution >= 0.6 is 26.6 Å². The fourth-order valence-electron chi connectivity index (χ4n) is 0.959. The minimum Gasteiger partial charge on any atom is -0.481 e. The Balaban J connectivity index is 3.50. The van der Waals surface area contributed by atoms with Gasteiger partial charge >= 0.3 is 0 Å². The number of halogens is 4. The van der Waals surface area contributed by atoms with E-state index < -0.39 is 31.9 Å². The van der Waals surface area contributed by atoms with Gasteiger partial charge in [-0.15, -0.1) is 0 Å². The Morgan fingerprint density at radius 1 is 1.56 bits per heavy atom.